The molecule has 2 rings (SSSR count). The lowest BCUT2D eigenvalue weighted by molar-refractivity contribution is -0.135. The number of aliphatic carboxylic acids is 1. The van der Waals surface area contributed by atoms with Gasteiger partial charge in [0, 0.05) is 6.61 Å². The van der Waals surface area contributed by atoms with Gasteiger partial charge < -0.3 is 23.5 Å². The van der Waals surface area contributed by atoms with Gasteiger partial charge in [-0.2, -0.15) is 8.42 Å². The van der Waals surface area contributed by atoms with Crippen LogP contribution < -0.4 is 8.92 Å². The van der Waals surface area contributed by atoms with Gasteiger partial charge in [-0.25, -0.2) is 4.79 Å². The first-order valence-electron chi connectivity index (χ1n) is 12.1. The second-order valence-electron chi connectivity index (χ2n) is 8.13. The summed E-state index contributed by atoms with van der Waals surface area (Å²) in [5.74, 6) is -0.299. The monoisotopic (exact) mass is 520 g/mol. The summed E-state index contributed by atoms with van der Waals surface area (Å²) in [6.45, 7) is 5.29. The fourth-order valence-electron chi connectivity index (χ4n) is 3.42. The third kappa shape index (κ3) is 10.3. The minimum absolute atomic E-state index is 0.0118. The van der Waals surface area contributed by atoms with Crippen LogP contribution in [0.15, 0.2) is 48.2 Å². The first-order valence-corrected chi connectivity index (χ1v) is 13.7. The molecular weight excluding hydrogens is 484 g/mol. The maximum atomic E-state index is 12.0. The predicted octanol–water partition coefficient (Wildman–Crippen LogP) is 4.86. The van der Waals surface area contributed by atoms with Gasteiger partial charge in [0.2, 0.25) is 5.76 Å². The molecule has 0 aromatic heterocycles. The number of hydrogen-bond acceptors (Lipinski definition) is 7. The number of benzene rings is 2. The summed E-state index contributed by atoms with van der Waals surface area (Å²) < 4.78 is 45.3. The van der Waals surface area contributed by atoms with Gasteiger partial charge in [-0.05, 0) is 73.6 Å². The smallest absolute Gasteiger partial charge is 0.371 e. The number of carbonyl (C=O) groups is 1. The van der Waals surface area contributed by atoms with Crippen LogP contribution in [0.2, 0.25) is 0 Å². The van der Waals surface area contributed by atoms with Crippen molar-refractivity contribution < 1.29 is 36.7 Å². The van der Waals surface area contributed by atoms with Crippen LogP contribution in [0.3, 0.4) is 0 Å². The quantitative estimate of drug-likeness (QED) is 0.136. The molecule has 0 bridgehead atoms. The van der Waals surface area contributed by atoms with Gasteiger partial charge in [-0.1, -0.05) is 37.6 Å². The van der Waals surface area contributed by atoms with E-state index in [9.17, 15) is 18.3 Å². The van der Waals surface area contributed by atoms with Crippen LogP contribution in [0.5, 0.6) is 11.5 Å². The SMILES string of the molecule is CCCCS(=O)(=O)Oc1ccc(CCCc2ccc(/C=C(\OC)C(=O)O)cc2OCCOCC)cc1. The van der Waals surface area contributed by atoms with Gasteiger partial charge in [0.15, 0.2) is 0 Å². The Labute approximate surface area is 214 Å². The van der Waals surface area contributed by atoms with Crippen molar-refractivity contribution in [3.8, 4) is 11.5 Å². The molecule has 0 unspecified atom stereocenters. The fraction of sp³-hybridized carbons (Fsp3) is 0.444. The Morgan fingerprint density at radius 3 is 2.39 bits per heavy atom. The Morgan fingerprint density at radius 2 is 1.75 bits per heavy atom. The molecule has 1 N–H and O–H groups in total. The molecule has 0 aliphatic carbocycles. The zero-order valence-corrected chi connectivity index (χ0v) is 22.0. The summed E-state index contributed by atoms with van der Waals surface area (Å²) in [5, 5.41) is 9.21. The zero-order valence-electron chi connectivity index (χ0n) is 21.2. The lowest BCUT2D eigenvalue weighted by Crippen LogP contribution is -2.13. The Kier molecular flexibility index (Phi) is 12.3. The summed E-state index contributed by atoms with van der Waals surface area (Å²) in [7, 11) is -2.25. The van der Waals surface area contributed by atoms with Crippen LogP contribution in [0, 0.1) is 0 Å². The topological polar surface area (TPSA) is 108 Å². The number of ether oxygens (including phenoxy) is 3. The molecule has 0 amide bonds. The molecule has 2 aromatic rings. The Hall–Kier alpha value is -3.04. The lowest BCUT2D eigenvalue weighted by Gasteiger charge is -2.13. The van der Waals surface area contributed by atoms with Gasteiger partial charge in [-0.3, -0.25) is 0 Å². The van der Waals surface area contributed by atoms with Gasteiger partial charge in [0.1, 0.15) is 18.1 Å². The normalized spacial score (nSPS) is 11.8. The van der Waals surface area contributed by atoms with Crippen LogP contribution in [0.4, 0.5) is 0 Å². The molecule has 198 valence electrons. The van der Waals surface area contributed by atoms with Gasteiger partial charge in [0.25, 0.3) is 0 Å². The van der Waals surface area contributed by atoms with Crippen LogP contribution >= 0.6 is 0 Å². The van der Waals surface area contributed by atoms with E-state index < -0.39 is 16.1 Å². The molecular formula is C27H36O8S. The molecule has 0 fully saturated rings. The van der Waals surface area contributed by atoms with Crippen molar-refractivity contribution in [2.24, 2.45) is 0 Å². The number of carboxylic acids is 1. The number of unbranched alkanes of at least 4 members (excludes halogenated alkanes) is 1. The largest absolute Gasteiger partial charge is 0.491 e. The predicted molar refractivity (Wildman–Crippen MR) is 139 cm³/mol. The lowest BCUT2D eigenvalue weighted by atomic mass is 10.0. The molecule has 0 spiro atoms. The Morgan fingerprint density at radius 1 is 1.00 bits per heavy atom. The summed E-state index contributed by atoms with van der Waals surface area (Å²) in [4.78, 5) is 11.3. The first-order chi connectivity index (χ1) is 17.3. The van der Waals surface area contributed by atoms with Crippen molar-refractivity contribution in [2.45, 2.75) is 46.0 Å². The zero-order chi connectivity index (χ0) is 26.4. The summed E-state index contributed by atoms with van der Waals surface area (Å²) >= 11 is 0. The van der Waals surface area contributed by atoms with Crippen LogP contribution in [-0.4, -0.2) is 52.2 Å². The van der Waals surface area contributed by atoms with Gasteiger partial charge in [-0.15, -0.1) is 0 Å². The minimum atomic E-state index is -3.56. The van der Waals surface area contributed by atoms with Crippen molar-refractivity contribution in [2.75, 3.05) is 32.7 Å². The van der Waals surface area contributed by atoms with Crippen molar-refractivity contribution in [3.05, 3.63) is 64.9 Å². The highest BCUT2D eigenvalue weighted by Gasteiger charge is 2.12. The number of methoxy groups -OCH3 is 1. The van der Waals surface area contributed by atoms with Gasteiger partial charge in [0.05, 0.1) is 19.5 Å². The van der Waals surface area contributed by atoms with Gasteiger partial charge >= 0.3 is 16.1 Å². The van der Waals surface area contributed by atoms with Crippen molar-refractivity contribution >= 4 is 22.2 Å². The second-order valence-corrected chi connectivity index (χ2v) is 9.82. The number of aryl methyl sites for hydroxylation is 2. The maximum Gasteiger partial charge on any atom is 0.371 e. The molecule has 0 aliphatic heterocycles. The molecule has 2 aromatic carbocycles. The number of hydrogen-bond donors (Lipinski definition) is 1. The average molecular weight is 521 g/mol. The van der Waals surface area contributed by atoms with Crippen LogP contribution in [0.1, 0.15) is 49.8 Å². The summed E-state index contributed by atoms with van der Waals surface area (Å²) in [6.07, 6.45) is 5.18. The first kappa shape index (κ1) is 29.2. The number of rotatable bonds is 17. The molecule has 0 saturated heterocycles. The Bertz CT molecular complexity index is 1090. The average Bonchev–Trinajstić information content (AvgIpc) is 2.85. The molecule has 36 heavy (non-hydrogen) atoms. The third-order valence-electron chi connectivity index (χ3n) is 5.32. The highest BCUT2D eigenvalue weighted by Crippen LogP contribution is 2.25. The van der Waals surface area contributed by atoms with Crippen molar-refractivity contribution in [3.63, 3.8) is 0 Å². The molecule has 8 nitrogen and oxygen atoms in total. The summed E-state index contributed by atoms with van der Waals surface area (Å²) in [5.41, 5.74) is 2.73. The van der Waals surface area contributed by atoms with Crippen LogP contribution in [0.25, 0.3) is 6.08 Å². The third-order valence-corrected chi connectivity index (χ3v) is 6.55. The standard InChI is InChI=1S/C27H36O8S/c1-4-6-18-36(30,31)35-24-14-11-21(12-15-24)8-7-9-23-13-10-22(20-26(32-3)27(28)29)19-25(23)34-17-16-33-5-2/h10-15,19-20H,4-9,16-18H2,1-3H3,(H,28,29)/b26-20-. The Balaban J connectivity index is 2.03. The van der Waals surface area contributed by atoms with E-state index in [1.54, 1.807) is 18.2 Å². The van der Waals surface area contributed by atoms with E-state index in [1.165, 1.54) is 13.2 Å². The van der Waals surface area contributed by atoms with Crippen LogP contribution in [-0.2, 0) is 37.2 Å². The van der Waals surface area contributed by atoms with E-state index in [0.717, 1.165) is 36.8 Å². The summed E-state index contributed by atoms with van der Waals surface area (Å²) in [6, 6.07) is 12.7. The van der Waals surface area contributed by atoms with E-state index >= 15 is 0 Å². The minimum Gasteiger partial charge on any atom is -0.491 e. The molecule has 0 radical (unpaired) electrons. The molecule has 0 aliphatic rings. The van der Waals surface area contributed by atoms with E-state index in [-0.39, 0.29) is 11.5 Å². The molecule has 0 atom stereocenters. The van der Waals surface area contributed by atoms with Crippen molar-refractivity contribution in [1.82, 2.24) is 0 Å². The van der Waals surface area contributed by atoms with E-state index in [4.69, 9.17) is 18.4 Å². The molecule has 0 saturated carbocycles. The van der Waals surface area contributed by atoms with E-state index in [0.29, 0.717) is 43.3 Å². The molecule has 0 heterocycles. The van der Waals surface area contributed by atoms with E-state index in [2.05, 4.69) is 0 Å². The molecule has 9 heteroatoms. The highest BCUT2D eigenvalue weighted by molar-refractivity contribution is 7.87. The maximum absolute atomic E-state index is 12.0. The fourth-order valence-corrected chi connectivity index (χ4v) is 4.55. The van der Waals surface area contributed by atoms with Crippen molar-refractivity contribution in [1.29, 1.82) is 0 Å². The highest BCUT2D eigenvalue weighted by atomic mass is 32.2. The second kappa shape index (κ2) is 15.2. The number of carboxylic acid groups (broad SMARTS) is 1. The van der Waals surface area contributed by atoms with E-state index in [1.807, 2.05) is 38.1 Å².